The molecule has 1 spiro atoms. The average Bonchev–Trinajstić information content (AvgIpc) is 3.06. The van der Waals surface area contributed by atoms with Crippen molar-refractivity contribution in [1.82, 2.24) is 0 Å². The van der Waals surface area contributed by atoms with Gasteiger partial charge in [-0.1, -0.05) is 43.2 Å². The van der Waals surface area contributed by atoms with Crippen LogP contribution in [0.4, 0.5) is 0 Å². The zero-order valence-corrected chi connectivity index (χ0v) is 12.8. The monoisotopic (exact) mass is 266 g/mol. The van der Waals surface area contributed by atoms with Crippen LogP contribution in [0.15, 0.2) is 29.8 Å². The van der Waals surface area contributed by atoms with Gasteiger partial charge in [0.25, 0.3) is 0 Å². The molecule has 0 saturated heterocycles. The highest BCUT2D eigenvalue weighted by molar-refractivity contribution is 5.48. The molecule has 0 heterocycles. The van der Waals surface area contributed by atoms with Gasteiger partial charge in [0.05, 0.1) is 0 Å². The Hall–Kier alpha value is -1.04. The molecular weight excluding hydrogens is 240 g/mol. The van der Waals surface area contributed by atoms with Crippen LogP contribution in [0.1, 0.15) is 68.6 Å². The lowest BCUT2D eigenvalue weighted by atomic mass is 9.61. The van der Waals surface area contributed by atoms with Crippen molar-refractivity contribution < 1.29 is 0 Å². The first kappa shape index (κ1) is 12.7. The van der Waals surface area contributed by atoms with E-state index in [-0.39, 0.29) is 0 Å². The van der Waals surface area contributed by atoms with E-state index in [4.69, 9.17) is 0 Å². The van der Waals surface area contributed by atoms with Crippen LogP contribution in [0.3, 0.4) is 0 Å². The summed E-state index contributed by atoms with van der Waals surface area (Å²) in [6.07, 6.45) is 14.8. The van der Waals surface area contributed by atoms with Gasteiger partial charge in [-0.05, 0) is 74.0 Å². The lowest BCUT2D eigenvalue weighted by Gasteiger charge is -2.43. The van der Waals surface area contributed by atoms with E-state index >= 15 is 0 Å². The van der Waals surface area contributed by atoms with Gasteiger partial charge in [-0.25, -0.2) is 0 Å². The molecular formula is C20H26. The summed E-state index contributed by atoms with van der Waals surface area (Å²) >= 11 is 0. The number of allylic oxidation sites excluding steroid dienone is 2. The van der Waals surface area contributed by atoms with Gasteiger partial charge in [0.15, 0.2) is 0 Å². The third-order valence-electron chi connectivity index (χ3n) is 6.13. The smallest absolute Gasteiger partial charge is 0.00299 e. The Bertz CT molecular complexity index is 551. The van der Waals surface area contributed by atoms with E-state index in [2.05, 4.69) is 31.2 Å². The molecule has 0 heteroatoms. The number of rotatable bonds is 3. The Morgan fingerprint density at radius 1 is 1.30 bits per heavy atom. The molecule has 1 aromatic rings. The van der Waals surface area contributed by atoms with Gasteiger partial charge >= 0.3 is 0 Å². The van der Waals surface area contributed by atoms with Crippen LogP contribution >= 0.6 is 0 Å². The maximum atomic E-state index is 2.54. The highest BCUT2D eigenvalue weighted by atomic mass is 14.5. The molecule has 0 N–H and O–H groups in total. The van der Waals surface area contributed by atoms with E-state index in [0.29, 0.717) is 5.41 Å². The van der Waals surface area contributed by atoms with E-state index in [1.165, 1.54) is 57.8 Å². The van der Waals surface area contributed by atoms with Gasteiger partial charge in [-0.3, -0.25) is 0 Å². The molecule has 2 unspecified atom stereocenters. The molecule has 3 aliphatic rings. The van der Waals surface area contributed by atoms with E-state index in [0.717, 1.165) is 5.92 Å². The quantitative estimate of drug-likeness (QED) is 0.647. The predicted molar refractivity (Wildman–Crippen MR) is 85.1 cm³/mol. The average molecular weight is 266 g/mol. The van der Waals surface area contributed by atoms with Crippen LogP contribution in [0.2, 0.25) is 0 Å². The van der Waals surface area contributed by atoms with Crippen LogP contribution in [-0.4, -0.2) is 0 Å². The number of hydrogen-bond donors (Lipinski definition) is 0. The molecule has 0 radical (unpaired) electrons. The van der Waals surface area contributed by atoms with Crippen molar-refractivity contribution in [3.8, 4) is 0 Å². The molecule has 0 nitrogen and oxygen atoms in total. The van der Waals surface area contributed by atoms with E-state index < -0.39 is 0 Å². The number of benzene rings is 1. The summed E-state index contributed by atoms with van der Waals surface area (Å²) in [6.45, 7) is 2.31. The van der Waals surface area contributed by atoms with Crippen molar-refractivity contribution in [3.63, 3.8) is 0 Å². The van der Waals surface area contributed by atoms with Crippen LogP contribution < -0.4 is 0 Å². The van der Waals surface area contributed by atoms with Crippen molar-refractivity contribution in [2.45, 2.75) is 70.1 Å². The molecule has 106 valence electrons. The summed E-state index contributed by atoms with van der Waals surface area (Å²) < 4.78 is 0. The SMILES string of the molecule is CCCCc1cccc2c1C1(CCC2)CC2=CCC1C2. The minimum Gasteiger partial charge on any atom is -0.0850 e. The molecule has 1 aromatic carbocycles. The molecule has 20 heavy (non-hydrogen) atoms. The second-order valence-electron chi connectivity index (χ2n) is 7.24. The molecule has 0 amide bonds. The summed E-state index contributed by atoms with van der Waals surface area (Å²) in [4.78, 5) is 0. The largest absolute Gasteiger partial charge is 0.0850 e. The first-order valence-corrected chi connectivity index (χ1v) is 8.62. The molecule has 2 bridgehead atoms. The van der Waals surface area contributed by atoms with Crippen LogP contribution in [0.25, 0.3) is 0 Å². The van der Waals surface area contributed by atoms with Gasteiger partial charge in [-0.15, -0.1) is 0 Å². The number of fused-ring (bicyclic) bond motifs is 5. The van der Waals surface area contributed by atoms with Gasteiger partial charge in [0, 0.05) is 5.41 Å². The maximum Gasteiger partial charge on any atom is 0.00299 e. The fourth-order valence-electron chi connectivity index (χ4n) is 5.29. The topological polar surface area (TPSA) is 0 Å². The summed E-state index contributed by atoms with van der Waals surface area (Å²) in [7, 11) is 0. The van der Waals surface area contributed by atoms with Gasteiger partial charge in [0.2, 0.25) is 0 Å². The Morgan fingerprint density at radius 3 is 3.00 bits per heavy atom. The molecule has 2 atom stereocenters. The summed E-state index contributed by atoms with van der Waals surface area (Å²) in [5, 5.41) is 0. The Kier molecular flexibility index (Phi) is 3.02. The molecule has 0 aliphatic heterocycles. The number of hydrogen-bond acceptors (Lipinski definition) is 0. The molecule has 4 rings (SSSR count). The summed E-state index contributed by atoms with van der Waals surface area (Å²) in [5.41, 5.74) is 7.51. The Labute approximate surface area is 123 Å². The predicted octanol–water partition coefficient (Wildman–Crippen LogP) is 5.34. The van der Waals surface area contributed by atoms with Gasteiger partial charge in [0.1, 0.15) is 0 Å². The fraction of sp³-hybridized carbons (Fsp3) is 0.600. The normalized spacial score (nSPS) is 30.6. The van der Waals surface area contributed by atoms with Crippen LogP contribution in [0.5, 0.6) is 0 Å². The van der Waals surface area contributed by atoms with Crippen molar-refractivity contribution in [2.24, 2.45) is 5.92 Å². The second-order valence-corrected chi connectivity index (χ2v) is 7.24. The van der Waals surface area contributed by atoms with Crippen molar-refractivity contribution >= 4 is 0 Å². The molecule has 0 aromatic heterocycles. The summed E-state index contributed by atoms with van der Waals surface area (Å²) in [6, 6.07) is 7.17. The van der Waals surface area contributed by atoms with E-state index in [9.17, 15) is 0 Å². The van der Waals surface area contributed by atoms with Crippen molar-refractivity contribution in [2.75, 3.05) is 0 Å². The van der Waals surface area contributed by atoms with Gasteiger partial charge in [-0.2, -0.15) is 0 Å². The van der Waals surface area contributed by atoms with E-state index in [1.54, 1.807) is 16.7 Å². The summed E-state index contributed by atoms with van der Waals surface area (Å²) in [5.74, 6) is 0.930. The zero-order valence-electron chi connectivity index (χ0n) is 12.8. The minimum absolute atomic E-state index is 0.544. The third-order valence-corrected chi connectivity index (χ3v) is 6.13. The highest BCUT2D eigenvalue weighted by Crippen LogP contribution is 2.59. The first-order valence-electron chi connectivity index (χ1n) is 8.62. The maximum absolute atomic E-state index is 2.54. The molecule has 3 aliphatic carbocycles. The number of unbranched alkanes of at least 4 members (excludes halogenated alkanes) is 1. The first-order chi connectivity index (χ1) is 9.83. The lowest BCUT2D eigenvalue weighted by Crippen LogP contribution is -2.36. The van der Waals surface area contributed by atoms with E-state index in [1.807, 2.05) is 5.56 Å². The van der Waals surface area contributed by atoms with Crippen LogP contribution in [0, 0.1) is 5.92 Å². The van der Waals surface area contributed by atoms with Crippen molar-refractivity contribution in [1.29, 1.82) is 0 Å². The molecule has 1 fully saturated rings. The molecule has 1 saturated carbocycles. The standard InChI is InChI=1S/C20H26/c1-2-3-6-16-7-4-8-17-9-5-12-20(19(16)17)14-15-10-11-18(20)13-15/h4,7-8,10,18H,2-3,5-6,9,11-14H2,1H3. The van der Waals surface area contributed by atoms with Gasteiger partial charge < -0.3 is 0 Å². The lowest BCUT2D eigenvalue weighted by molar-refractivity contribution is 0.267. The fourth-order valence-corrected chi connectivity index (χ4v) is 5.29. The second kappa shape index (κ2) is 4.76. The minimum atomic E-state index is 0.544. The number of aryl methyl sites for hydroxylation is 2. The van der Waals surface area contributed by atoms with Crippen molar-refractivity contribution in [3.05, 3.63) is 46.5 Å². The Morgan fingerprint density at radius 2 is 2.25 bits per heavy atom. The third kappa shape index (κ3) is 1.73. The van der Waals surface area contributed by atoms with Crippen LogP contribution in [-0.2, 0) is 18.3 Å². The Balaban J connectivity index is 1.81. The highest BCUT2D eigenvalue weighted by Gasteiger charge is 2.50. The zero-order chi connectivity index (χ0) is 13.6.